The molecule has 1 aliphatic rings. The fraction of sp³-hybridized carbons (Fsp3) is 0.136. The Morgan fingerprint density at radius 2 is 1.78 bits per heavy atom. The van der Waals surface area contributed by atoms with Crippen molar-refractivity contribution in [3.05, 3.63) is 90.8 Å². The molecule has 4 rings (SSSR count). The molecule has 2 radical (unpaired) electrons. The second kappa shape index (κ2) is 8.56. The van der Waals surface area contributed by atoms with E-state index in [-0.39, 0.29) is 20.1 Å². The number of rotatable bonds is 4. The van der Waals surface area contributed by atoms with Crippen LogP contribution in [0.1, 0.15) is 25.3 Å². The molecule has 1 aromatic heterocycles. The van der Waals surface area contributed by atoms with Crippen LogP contribution in [0.25, 0.3) is 16.8 Å². The van der Waals surface area contributed by atoms with Gasteiger partial charge in [-0.15, -0.1) is 0 Å². The molecular weight excluding hydrogens is 509 g/mol. The maximum atomic E-state index is 4.57. The summed E-state index contributed by atoms with van der Waals surface area (Å²) in [5.74, 6) is 3.31. The molecule has 0 aliphatic carbocycles. The zero-order valence-corrected chi connectivity index (χ0v) is 17.8. The molecule has 0 saturated heterocycles. The average Bonchev–Trinajstić information content (AvgIpc) is 3.18. The van der Waals surface area contributed by atoms with Gasteiger partial charge in [0.05, 0.1) is 5.69 Å². The summed E-state index contributed by atoms with van der Waals surface area (Å²) < 4.78 is 2.16. The van der Waals surface area contributed by atoms with Crippen LogP contribution in [-0.4, -0.2) is 17.0 Å². The number of hydrogen-bond donors (Lipinski definition) is 0. The number of imidazole rings is 1. The van der Waals surface area contributed by atoms with E-state index in [1.165, 1.54) is 22.4 Å². The maximum absolute atomic E-state index is 4.57. The smallest absolute Gasteiger partial charge is 0.286 e. The minimum Gasteiger partial charge on any atom is -0.363 e. The summed E-state index contributed by atoms with van der Waals surface area (Å²) in [5.41, 5.74) is 4.96. The van der Waals surface area contributed by atoms with Gasteiger partial charge in [-0.3, -0.25) is 4.57 Å². The van der Waals surface area contributed by atoms with Crippen molar-refractivity contribution in [1.29, 1.82) is 0 Å². The average molecular weight is 530 g/mol. The molecule has 0 fully saturated rings. The van der Waals surface area contributed by atoms with Crippen LogP contribution in [0.3, 0.4) is 0 Å². The summed E-state index contributed by atoms with van der Waals surface area (Å²) >= 11 is 0. The van der Waals surface area contributed by atoms with Crippen molar-refractivity contribution in [2.75, 3.05) is 4.81 Å². The minimum atomic E-state index is 0. The largest absolute Gasteiger partial charge is 0.363 e. The van der Waals surface area contributed by atoms with Gasteiger partial charge >= 0.3 is 0 Å². The van der Waals surface area contributed by atoms with E-state index < -0.39 is 0 Å². The minimum absolute atomic E-state index is 0. The summed E-state index contributed by atoms with van der Waals surface area (Å²) in [6.07, 6.45) is 9.92. The zero-order valence-electron chi connectivity index (χ0n) is 15.4. The van der Waals surface area contributed by atoms with E-state index in [4.69, 9.17) is 0 Å². The Kier molecular flexibility index (Phi) is 6.15. The Hall–Kier alpha value is -2.36. The van der Waals surface area contributed by atoms with E-state index >= 15 is 0 Å². The first-order chi connectivity index (χ1) is 12.7. The number of nitrogens with zero attached hydrogens (tertiary/aromatic N) is 3. The van der Waals surface area contributed by atoms with Gasteiger partial charge in [0.1, 0.15) is 0 Å². The fourth-order valence-corrected chi connectivity index (χ4v) is 3.25. The molecule has 2 heterocycles. The Morgan fingerprint density at radius 3 is 2.48 bits per heavy atom. The van der Waals surface area contributed by atoms with Crippen LogP contribution >= 0.6 is 0 Å². The Labute approximate surface area is 175 Å². The molecule has 27 heavy (non-hydrogen) atoms. The van der Waals surface area contributed by atoms with Crippen molar-refractivity contribution in [3.8, 4) is 16.8 Å². The van der Waals surface area contributed by atoms with Crippen LogP contribution in [0.5, 0.6) is 0 Å². The number of anilines is 1. The third-order valence-electron chi connectivity index (χ3n) is 4.58. The van der Waals surface area contributed by atoms with Crippen LogP contribution in [0.4, 0.5) is 5.95 Å². The van der Waals surface area contributed by atoms with E-state index in [0.29, 0.717) is 5.92 Å². The van der Waals surface area contributed by atoms with Crippen molar-refractivity contribution < 1.29 is 20.1 Å². The monoisotopic (exact) mass is 531 g/mol. The summed E-state index contributed by atoms with van der Waals surface area (Å²) in [4.78, 5) is 6.61. The summed E-state index contributed by atoms with van der Waals surface area (Å²) in [7, 11) is 2.02. The molecule has 0 atom stereocenters. The third-order valence-corrected chi connectivity index (χ3v) is 4.58. The van der Waals surface area contributed by atoms with E-state index in [1.54, 1.807) is 0 Å². The van der Waals surface area contributed by atoms with Gasteiger partial charge in [0.25, 0.3) is 7.41 Å². The molecule has 136 valence electrons. The van der Waals surface area contributed by atoms with Crippen molar-refractivity contribution in [1.82, 2.24) is 9.55 Å². The summed E-state index contributed by atoms with van der Waals surface area (Å²) in [6, 6.07) is 17.2. The van der Waals surface area contributed by atoms with Crippen LogP contribution < -0.4 is 4.81 Å². The number of allylic oxidation sites excluding steroid dienone is 2. The van der Waals surface area contributed by atoms with Gasteiger partial charge < -0.3 is 4.81 Å². The normalized spacial score (nSPS) is 12.8. The van der Waals surface area contributed by atoms with Gasteiger partial charge in [-0.25, -0.2) is 4.98 Å². The van der Waals surface area contributed by atoms with Crippen molar-refractivity contribution in [2.24, 2.45) is 0 Å². The molecule has 0 amide bonds. The molecule has 0 N–H and O–H groups in total. The fourth-order valence-electron chi connectivity index (χ4n) is 3.25. The molecule has 5 heteroatoms. The van der Waals surface area contributed by atoms with Crippen molar-refractivity contribution in [3.63, 3.8) is 0 Å². The van der Waals surface area contributed by atoms with E-state index in [1.807, 2.05) is 48.9 Å². The van der Waals surface area contributed by atoms with E-state index in [9.17, 15) is 0 Å². The quantitative estimate of drug-likeness (QED) is 0.437. The van der Waals surface area contributed by atoms with Crippen molar-refractivity contribution in [2.45, 2.75) is 19.8 Å². The van der Waals surface area contributed by atoms with Crippen LogP contribution in [0.15, 0.2) is 85.3 Å². The van der Waals surface area contributed by atoms with Gasteiger partial charge in [0.2, 0.25) is 5.95 Å². The standard InChI is InChI=1S/C22H21BN3.Ir/c1-17(2)20-16-19(18-8-4-3-5-9-18)10-11-21(20)25-15-13-24-22(25)26-14-7-6-12-23-26;/h3-17H,1-2H3;. The third kappa shape index (κ3) is 4.00. The molecule has 0 bridgehead atoms. The molecule has 3 nitrogen and oxygen atoms in total. The van der Waals surface area contributed by atoms with Gasteiger partial charge in [0, 0.05) is 32.5 Å². The van der Waals surface area contributed by atoms with Gasteiger partial charge in [-0.2, -0.15) is 0 Å². The summed E-state index contributed by atoms with van der Waals surface area (Å²) in [5, 5.41) is 0. The van der Waals surface area contributed by atoms with E-state index in [2.05, 4.69) is 71.9 Å². The van der Waals surface area contributed by atoms with Crippen LogP contribution in [0, 0.1) is 0 Å². The van der Waals surface area contributed by atoms with Gasteiger partial charge in [0.15, 0.2) is 0 Å². The first kappa shape index (κ1) is 19.4. The molecule has 0 spiro atoms. The van der Waals surface area contributed by atoms with E-state index in [0.717, 1.165) is 5.95 Å². The molecule has 0 unspecified atom stereocenters. The summed E-state index contributed by atoms with van der Waals surface area (Å²) in [6.45, 7) is 4.47. The second-order valence-corrected chi connectivity index (χ2v) is 6.67. The first-order valence-electron chi connectivity index (χ1n) is 8.94. The number of hydrogen-bond acceptors (Lipinski definition) is 2. The van der Waals surface area contributed by atoms with Crippen LogP contribution in [-0.2, 0) is 20.1 Å². The molecule has 1 aliphatic heterocycles. The zero-order chi connectivity index (χ0) is 17.9. The molecule has 2 aromatic carbocycles. The Bertz CT molecular complexity index is 961. The Balaban J connectivity index is 0.00000210. The maximum Gasteiger partial charge on any atom is 0.286 e. The predicted molar refractivity (Wildman–Crippen MR) is 110 cm³/mol. The van der Waals surface area contributed by atoms with Gasteiger partial charge in [-0.05, 0) is 47.0 Å². The van der Waals surface area contributed by atoms with Crippen LogP contribution in [0.2, 0.25) is 0 Å². The molecule has 3 aromatic rings. The molecule has 0 saturated carbocycles. The topological polar surface area (TPSA) is 21.1 Å². The predicted octanol–water partition coefficient (Wildman–Crippen LogP) is 5.13. The SMILES string of the molecule is CC(C)c1cc(-c2ccccc2)ccc1-n1ccnc1N1[B]C=CC=C1.[Ir]. The van der Waals surface area contributed by atoms with Gasteiger partial charge in [-0.1, -0.05) is 62.3 Å². The van der Waals surface area contributed by atoms with Crippen molar-refractivity contribution >= 4 is 13.4 Å². The number of aromatic nitrogens is 2. The number of benzene rings is 2. The molecular formula is C22H21BIrN3. The first-order valence-corrected chi connectivity index (χ1v) is 8.94. The second-order valence-electron chi connectivity index (χ2n) is 6.67. The Morgan fingerprint density at radius 1 is 0.963 bits per heavy atom.